The lowest BCUT2D eigenvalue weighted by Gasteiger charge is -2.17. The second kappa shape index (κ2) is 9.42. The molecule has 1 aromatic heterocycles. The van der Waals surface area contributed by atoms with Gasteiger partial charge >= 0.3 is 0 Å². The first kappa shape index (κ1) is 22.2. The molecule has 2 aromatic rings. The molecule has 0 bridgehead atoms. The van der Waals surface area contributed by atoms with Crippen molar-refractivity contribution in [2.24, 2.45) is 0 Å². The number of nitrogens with zero attached hydrogens (tertiary/aromatic N) is 2. The van der Waals surface area contributed by atoms with Gasteiger partial charge in [-0.1, -0.05) is 31.0 Å². The van der Waals surface area contributed by atoms with Gasteiger partial charge in [0.05, 0.1) is 12.3 Å². The molecule has 0 saturated heterocycles. The molecule has 0 saturated carbocycles. The van der Waals surface area contributed by atoms with Crippen LogP contribution in [0.3, 0.4) is 0 Å². The van der Waals surface area contributed by atoms with Gasteiger partial charge in [0.1, 0.15) is 5.56 Å². The highest BCUT2D eigenvalue weighted by molar-refractivity contribution is 6.32. The number of hydrogen-bond donors (Lipinski definition) is 0. The first-order chi connectivity index (χ1) is 13.2. The van der Waals surface area contributed by atoms with Gasteiger partial charge in [-0.15, -0.1) is 0 Å². The quantitative estimate of drug-likeness (QED) is 0.475. The number of ketones is 1. The van der Waals surface area contributed by atoms with Crippen LogP contribution in [-0.4, -0.2) is 21.7 Å². The molecule has 1 atom stereocenters. The number of halogens is 1. The van der Waals surface area contributed by atoms with E-state index in [1.807, 2.05) is 34.6 Å². The monoisotopic (exact) mass is 402 g/mol. The standard InChI is InChI=1S/C23H31ClN2O2/c1-8-12-26-23(28-15(5)9-2)19(13-25-26)22(27)18-10-11-20(24)21(17(18)7)16(6)14(3)4/h10-11,13,15H,8-9,12H2,1-7H3. The third-order valence-electron chi connectivity index (χ3n) is 5.14. The molecule has 0 aliphatic carbocycles. The minimum absolute atomic E-state index is 0.00801. The van der Waals surface area contributed by atoms with Gasteiger partial charge < -0.3 is 4.74 Å². The molecule has 0 N–H and O–H groups in total. The molecule has 0 radical (unpaired) electrons. The van der Waals surface area contributed by atoms with Gasteiger partial charge in [-0.25, -0.2) is 4.68 Å². The average Bonchev–Trinajstić information content (AvgIpc) is 3.03. The van der Waals surface area contributed by atoms with Crippen LogP contribution >= 0.6 is 11.6 Å². The van der Waals surface area contributed by atoms with E-state index in [1.165, 1.54) is 5.57 Å². The Hall–Kier alpha value is -2.07. The lowest BCUT2D eigenvalue weighted by molar-refractivity contribution is 0.103. The minimum Gasteiger partial charge on any atom is -0.474 e. The number of aryl methyl sites for hydroxylation is 1. The first-order valence-corrected chi connectivity index (χ1v) is 10.3. The summed E-state index contributed by atoms with van der Waals surface area (Å²) in [5, 5.41) is 5.07. The van der Waals surface area contributed by atoms with Gasteiger partial charge in [-0.3, -0.25) is 4.79 Å². The van der Waals surface area contributed by atoms with E-state index < -0.39 is 0 Å². The van der Waals surface area contributed by atoms with Crippen molar-refractivity contribution in [3.63, 3.8) is 0 Å². The molecule has 2 rings (SSSR count). The van der Waals surface area contributed by atoms with Crippen LogP contribution < -0.4 is 4.74 Å². The number of allylic oxidation sites excluding steroid dienone is 2. The zero-order valence-corrected chi connectivity index (χ0v) is 18.8. The molecule has 28 heavy (non-hydrogen) atoms. The molecule has 4 nitrogen and oxygen atoms in total. The maximum atomic E-state index is 13.4. The fourth-order valence-corrected chi connectivity index (χ4v) is 3.43. The van der Waals surface area contributed by atoms with Crippen LogP contribution in [0.15, 0.2) is 23.9 Å². The molecule has 1 unspecified atom stereocenters. The Kier molecular flexibility index (Phi) is 7.48. The van der Waals surface area contributed by atoms with E-state index in [0.717, 1.165) is 29.5 Å². The predicted octanol–water partition coefficient (Wildman–Crippen LogP) is 6.48. The van der Waals surface area contributed by atoms with Crippen molar-refractivity contribution < 1.29 is 9.53 Å². The van der Waals surface area contributed by atoms with Gasteiger partial charge in [0.15, 0.2) is 5.78 Å². The SMILES string of the molecule is CCCn1ncc(C(=O)c2ccc(Cl)c(C(C)=C(C)C)c2C)c1OC(C)CC. The van der Waals surface area contributed by atoms with Crippen molar-refractivity contribution in [2.75, 3.05) is 0 Å². The van der Waals surface area contributed by atoms with E-state index >= 15 is 0 Å². The third-order valence-corrected chi connectivity index (χ3v) is 5.46. The number of aromatic nitrogens is 2. The number of ether oxygens (including phenoxy) is 1. The fraction of sp³-hybridized carbons (Fsp3) is 0.478. The van der Waals surface area contributed by atoms with Crippen molar-refractivity contribution in [2.45, 2.75) is 74.0 Å². The summed E-state index contributed by atoms with van der Waals surface area (Å²) < 4.78 is 7.87. The third kappa shape index (κ3) is 4.49. The van der Waals surface area contributed by atoms with E-state index in [9.17, 15) is 4.79 Å². The molecule has 1 aromatic carbocycles. The number of rotatable bonds is 8. The Morgan fingerprint density at radius 3 is 2.46 bits per heavy atom. The molecule has 0 fully saturated rings. The molecule has 0 aliphatic rings. The molecule has 152 valence electrons. The van der Waals surface area contributed by atoms with E-state index in [2.05, 4.69) is 18.9 Å². The van der Waals surface area contributed by atoms with Crippen LogP contribution in [0, 0.1) is 6.92 Å². The van der Waals surface area contributed by atoms with Crippen LogP contribution in [0.25, 0.3) is 5.57 Å². The van der Waals surface area contributed by atoms with Gasteiger partial charge in [-0.05, 0) is 76.3 Å². The largest absolute Gasteiger partial charge is 0.474 e. The highest BCUT2D eigenvalue weighted by Gasteiger charge is 2.24. The Labute approximate surface area is 173 Å². The number of benzene rings is 1. The smallest absolute Gasteiger partial charge is 0.223 e. The molecule has 0 aliphatic heterocycles. The zero-order valence-electron chi connectivity index (χ0n) is 18.0. The summed E-state index contributed by atoms with van der Waals surface area (Å²) in [4.78, 5) is 13.4. The summed E-state index contributed by atoms with van der Waals surface area (Å²) >= 11 is 6.47. The summed E-state index contributed by atoms with van der Waals surface area (Å²) in [5.74, 6) is 0.466. The summed E-state index contributed by atoms with van der Waals surface area (Å²) in [6.45, 7) is 14.9. The lowest BCUT2D eigenvalue weighted by atomic mass is 9.91. The number of carbonyl (C=O) groups is 1. The normalized spacial score (nSPS) is 12.0. The first-order valence-electron chi connectivity index (χ1n) is 9.93. The van der Waals surface area contributed by atoms with Crippen molar-refractivity contribution in [3.05, 3.63) is 51.2 Å². The predicted molar refractivity (Wildman–Crippen MR) is 116 cm³/mol. The van der Waals surface area contributed by atoms with Crippen molar-refractivity contribution in [3.8, 4) is 5.88 Å². The molecule has 0 amide bonds. The fourth-order valence-electron chi connectivity index (χ4n) is 3.08. The van der Waals surface area contributed by atoms with Gasteiger partial charge in [-0.2, -0.15) is 5.10 Å². The topological polar surface area (TPSA) is 44.1 Å². The second-order valence-electron chi connectivity index (χ2n) is 7.47. The van der Waals surface area contributed by atoms with Crippen LogP contribution in [0.5, 0.6) is 5.88 Å². The Balaban J connectivity index is 2.58. The summed E-state index contributed by atoms with van der Waals surface area (Å²) in [6.07, 6.45) is 3.40. The van der Waals surface area contributed by atoms with Gasteiger partial charge in [0.2, 0.25) is 5.88 Å². The Bertz CT molecular complexity index is 892. The zero-order chi connectivity index (χ0) is 21.0. The van der Waals surface area contributed by atoms with Crippen LogP contribution in [0.2, 0.25) is 5.02 Å². The van der Waals surface area contributed by atoms with Gasteiger partial charge in [0.25, 0.3) is 0 Å². The van der Waals surface area contributed by atoms with E-state index in [0.29, 0.717) is 28.6 Å². The van der Waals surface area contributed by atoms with Crippen LogP contribution in [0.4, 0.5) is 0 Å². The van der Waals surface area contributed by atoms with Crippen molar-refractivity contribution in [1.29, 1.82) is 0 Å². The maximum Gasteiger partial charge on any atom is 0.223 e. The van der Waals surface area contributed by atoms with Crippen LogP contribution in [0.1, 0.15) is 81.4 Å². The molecule has 0 spiro atoms. The van der Waals surface area contributed by atoms with Crippen LogP contribution in [-0.2, 0) is 6.54 Å². The van der Waals surface area contributed by atoms with Gasteiger partial charge in [0, 0.05) is 17.1 Å². The highest BCUT2D eigenvalue weighted by Crippen LogP contribution is 2.33. The minimum atomic E-state index is -0.0855. The summed E-state index contributed by atoms with van der Waals surface area (Å²) in [5.41, 5.74) is 5.21. The Morgan fingerprint density at radius 1 is 1.21 bits per heavy atom. The average molecular weight is 403 g/mol. The van der Waals surface area contributed by atoms with Crippen molar-refractivity contribution >= 4 is 23.0 Å². The molecule has 1 heterocycles. The summed E-state index contributed by atoms with van der Waals surface area (Å²) in [6, 6.07) is 3.60. The molecular weight excluding hydrogens is 372 g/mol. The molecular formula is C23H31ClN2O2. The Morgan fingerprint density at radius 2 is 1.89 bits per heavy atom. The second-order valence-corrected chi connectivity index (χ2v) is 7.88. The maximum absolute atomic E-state index is 13.4. The lowest BCUT2D eigenvalue weighted by Crippen LogP contribution is -2.16. The number of carbonyl (C=O) groups excluding carboxylic acids is 1. The highest BCUT2D eigenvalue weighted by atomic mass is 35.5. The number of hydrogen-bond acceptors (Lipinski definition) is 3. The van der Waals surface area contributed by atoms with E-state index in [4.69, 9.17) is 16.3 Å². The van der Waals surface area contributed by atoms with E-state index in [-0.39, 0.29) is 11.9 Å². The van der Waals surface area contributed by atoms with E-state index in [1.54, 1.807) is 23.0 Å². The summed E-state index contributed by atoms with van der Waals surface area (Å²) in [7, 11) is 0. The van der Waals surface area contributed by atoms with Crippen molar-refractivity contribution in [1.82, 2.24) is 9.78 Å². The molecule has 5 heteroatoms.